The van der Waals surface area contributed by atoms with Gasteiger partial charge in [0.1, 0.15) is 5.82 Å². The maximum Gasteiger partial charge on any atom is 0.303 e. The highest BCUT2D eigenvalue weighted by molar-refractivity contribution is 9.10. The summed E-state index contributed by atoms with van der Waals surface area (Å²) in [6.45, 7) is 4.40. The number of benzene rings is 1. The monoisotopic (exact) mass is 330 g/mol. The third-order valence-corrected chi connectivity index (χ3v) is 4.52. The molecule has 0 saturated carbocycles. The Labute approximate surface area is 119 Å². The van der Waals surface area contributed by atoms with Gasteiger partial charge in [-0.2, -0.15) is 0 Å². The minimum absolute atomic E-state index is 0.0255. The Morgan fingerprint density at radius 3 is 2.63 bits per heavy atom. The van der Waals surface area contributed by atoms with Crippen molar-refractivity contribution in [1.29, 1.82) is 0 Å². The first kappa shape index (κ1) is 14.5. The van der Waals surface area contributed by atoms with Gasteiger partial charge in [0.05, 0.1) is 25.0 Å². The van der Waals surface area contributed by atoms with Crippen LogP contribution in [0.3, 0.4) is 0 Å². The van der Waals surface area contributed by atoms with Crippen LogP contribution in [0, 0.1) is 11.2 Å². The summed E-state index contributed by atoms with van der Waals surface area (Å²) < 4.78 is 20.2. The number of ether oxygens (including phenoxy) is 1. The van der Waals surface area contributed by atoms with Crippen molar-refractivity contribution in [2.45, 2.75) is 25.7 Å². The number of hydrogen-bond acceptors (Lipinski definition) is 2. The van der Waals surface area contributed by atoms with Gasteiger partial charge in [-0.25, -0.2) is 4.39 Å². The topological polar surface area (TPSA) is 46.5 Å². The predicted octanol–water partition coefficient (Wildman–Crippen LogP) is 3.36. The lowest BCUT2D eigenvalue weighted by molar-refractivity contribution is -0.151. The average molecular weight is 331 g/mol. The van der Waals surface area contributed by atoms with Crippen LogP contribution < -0.4 is 0 Å². The van der Waals surface area contributed by atoms with Crippen molar-refractivity contribution in [3.05, 3.63) is 34.1 Å². The van der Waals surface area contributed by atoms with Gasteiger partial charge in [0.25, 0.3) is 0 Å². The molecule has 3 nitrogen and oxygen atoms in total. The summed E-state index contributed by atoms with van der Waals surface area (Å²) in [4.78, 5) is 11.0. The summed E-state index contributed by atoms with van der Waals surface area (Å²) in [5.74, 6) is -1.20. The molecule has 1 aliphatic heterocycles. The Morgan fingerprint density at radius 2 is 2.16 bits per heavy atom. The van der Waals surface area contributed by atoms with E-state index in [1.54, 1.807) is 12.1 Å². The molecule has 0 spiro atoms. The summed E-state index contributed by atoms with van der Waals surface area (Å²) in [5.41, 5.74) is -0.641. The van der Waals surface area contributed by atoms with Crippen molar-refractivity contribution in [1.82, 2.24) is 0 Å². The van der Waals surface area contributed by atoms with Crippen molar-refractivity contribution in [2.24, 2.45) is 5.41 Å². The Bertz CT molecular complexity index is 509. The summed E-state index contributed by atoms with van der Waals surface area (Å²) in [6, 6.07) is 4.76. The molecule has 1 saturated heterocycles. The molecule has 0 unspecified atom stereocenters. The van der Waals surface area contributed by atoms with Crippen molar-refractivity contribution >= 4 is 21.9 Å². The van der Waals surface area contributed by atoms with E-state index >= 15 is 0 Å². The Hall–Kier alpha value is -0.940. The van der Waals surface area contributed by atoms with E-state index in [0.29, 0.717) is 18.8 Å². The van der Waals surface area contributed by atoms with Crippen LogP contribution in [0.1, 0.15) is 25.8 Å². The molecule has 0 amide bonds. The molecule has 0 aromatic heterocycles. The largest absolute Gasteiger partial charge is 0.481 e. The molecule has 0 atom stereocenters. The maximum atomic E-state index is 14.1. The third kappa shape index (κ3) is 2.41. The van der Waals surface area contributed by atoms with Gasteiger partial charge >= 0.3 is 5.97 Å². The van der Waals surface area contributed by atoms with Crippen LogP contribution in [0.4, 0.5) is 4.39 Å². The van der Waals surface area contributed by atoms with Crippen LogP contribution in [0.25, 0.3) is 0 Å². The van der Waals surface area contributed by atoms with Gasteiger partial charge in [-0.3, -0.25) is 4.79 Å². The van der Waals surface area contributed by atoms with Crippen molar-refractivity contribution in [3.63, 3.8) is 0 Å². The smallest absolute Gasteiger partial charge is 0.303 e. The normalized spacial score (nSPS) is 17.9. The van der Waals surface area contributed by atoms with Crippen molar-refractivity contribution in [3.8, 4) is 0 Å². The molecular weight excluding hydrogens is 315 g/mol. The highest BCUT2D eigenvalue weighted by Gasteiger charge is 2.54. The number of carboxylic acids is 1. The quantitative estimate of drug-likeness (QED) is 0.920. The number of halogens is 2. The van der Waals surface area contributed by atoms with E-state index in [9.17, 15) is 9.18 Å². The standard InChI is InChI=1S/C14H16BrFO3/c1-13(2,6-12(17)18)14(7-19-8-14)10-5-9(15)3-4-11(10)16/h3-5H,6-8H2,1-2H3,(H,17,18). The summed E-state index contributed by atoms with van der Waals surface area (Å²) in [7, 11) is 0. The third-order valence-electron chi connectivity index (χ3n) is 4.03. The SMILES string of the molecule is CC(C)(CC(=O)O)C1(c2cc(Br)ccc2F)COC1. The predicted molar refractivity (Wildman–Crippen MR) is 72.6 cm³/mol. The lowest BCUT2D eigenvalue weighted by Crippen LogP contribution is -2.57. The molecule has 1 aromatic rings. The first-order chi connectivity index (χ1) is 8.78. The first-order valence-electron chi connectivity index (χ1n) is 6.04. The number of hydrogen-bond donors (Lipinski definition) is 1. The fourth-order valence-electron chi connectivity index (χ4n) is 2.63. The zero-order chi connectivity index (χ0) is 14.3. The number of aliphatic carboxylic acids is 1. The average Bonchev–Trinajstić information content (AvgIpc) is 2.19. The van der Waals surface area contributed by atoms with E-state index < -0.39 is 16.8 Å². The fourth-order valence-corrected chi connectivity index (χ4v) is 2.99. The van der Waals surface area contributed by atoms with Crippen LogP contribution in [-0.4, -0.2) is 24.3 Å². The van der Waals surface area contributed by atoms with E-state index in [2.05, 4.69) is 15.9 Å². The van der Waals surface area contributed by atoms with Gasteiger partial charge in [0, 0.05) is 10.0 Å². The van der Waals surface area contributed by atoms with E-state index in [1.165, 1.54) is 6.07 Å². The molecule has 2 rings (SSSR count). The zero-order valence-corrected chi connectivity index (χ0v) is 12.5. The van der Waals surface area contributed by atoms with E-state index in [-0.39, 0.29) is 12.2 Å². The molecule has 0 aliphatic carbocycles. The van der Waals surface area contributed by atoms with E-state index in [0.717, 1.165) is 4.47 Å². The molecule has 1 heterocycles. The lowest BCUT2D eigenvalue weighted by Gasteiger charge is -2.52. The minimum atomic E-state index is -0.883. The molecule has 1 N–H and O–H groups in total. The Kier molecular flexibility index (Phi) is 3.71. The fraction of sp³-hybridized carbons (Fsp3) is 0.500. The second-order valence-corrected chi connectivity index (χ2v) is 6.57. The molecule has 19 heavy (non-hydrogen) atoms. The first-order valence-corrected chi connectivity index (χ1v) is 6.83. The van der Waals surface area contributed by atoms with E-state index in [1.807, 2.05) is 13.8 Å². The maximum absolute atomic E-state index is 14.1. The molecule has 104 valence electrons. The molecule has 1 aliphatic rings. The second kappa shape index (κ2) is 4.87. The van der Waals surface area contributed by atoms with Crippen LogP contribution in [0.2, 0.25) is 0 Å². The second-order valence-electron chi connectivity index (χ2n) is 5.65. The molecular formula is C14H16BrFO3. The molecule has 0 radical (unpaired) electrons. The summed E-state index contributed by atoms with van der Waals surface area (Å²) >= 11 is 3.34. The summed E-state index contributed by atoms with van der Waals surface area (Å²) in [6.07, 6.45) is -0.0255. The number of rotatable bonds is 4. The van der Waals surface area contributed by atoms with Crippen LogP contribution in [0.5, 0.6) is 0 Å². The highest BCUT2D eigenvalue weighted by Crippen LogP contribution is 2.50. The van der Waals surface area contributed by atoms with Crippen LogP contribution in [0.15, 0.2) is 22.7 Å². The number of carboxylic acid groups (broad SMARTS) is 1. The van der Waals surface area contributed by atoms with Gasteiger partial charge < -0.3 is 9.84 Å². The molecule has 0 bridgehead atoms. The molecule has 1 aromatic carbocycles. The van der Waals surface area contributed by atoms with Gasteiger partial charge in [-0.1, -0.05) is 29.8 Å². The Balaban J connectivity index is 2.48. The zero-order valence-electron chi connectivity index (χ0n) is 10.9. The van der Waals surface area contributed by atoms with Crippen LogP contribution >= 0.6 is 15.9 Å². The molecule has 5 heteroatoms. The van der Waals surface area contributed by atoms with E-state index in [4.69, 9.17) is 9.84 Å². The summed E-state index contributed by atoms with van der Waals surface area (Å²) in [5, 5.41) is 9.06. The van der Waals surface area contributed by atoms with Crippen LogP contribution in [-0.2, 0) is 14.9 Å². The van der Waals surface area contributed by atoms with Gasteiger partial charge in [-0.15, -0.1) is 0 Å². The Morgan fingerprint density at radius 1 is 1.53 bits per heavy atom. The van der Waals surface area contributed by atoms with Gasteiger partial charge in [-0.05, 0) is 23.6 Å². The highest BCUT2D eigenvalue weighted by atomic mass is 79.9. The molecule has 1 fully saturated rings. The van der Waals surface area contributed by atoms with Crippen molar-refractivity contribution < 1.29 is 19.0 Å². The van der Waals surface area contributed by atoms with Crippen molar-refractivity contribution in [2.75, 3.05) is 13.2 Å². The van der Waals surface area contributed by atoms with Gasteiger partial charge in [0.15, 0.2) is 0 Å². The minimum Gasteiger partial charge on any atom is -0.481 e. The lowest BCUT2D eigenvalue weighted by atomic mass is 9.59. The number of carbonyl (C=O) groups is 1. The van der Waals surface area contributed by atoms with Gasteiger partial charge in [0.2, 0.25) is 0 Å².